The number of nitrogens with one attached hydrogen (secondary N) is 1. The Kier molecular flexibility index (Phi) is 3.41. The van der Waals surface area contributed by atoms with Crippen LogP contribution in [-0.2, 0) is 0 Å². The van der Waals surface area contributed by atoms with E-state index in [-0.39, 0.29) is 11.6 Å². The number of halogens is 1. The lowest BCUT2D eigenvalue weighted by Gasteiger charge is -2.04. The molecule has 0 bridgehead atoms. The Morgan fingerprint density at radius 3 is 2.72 bits per heavy atom. The molecule has 1 aromatic carbocycles. The van der Waals surface area contributed by atoms with Crippen molar-refractivity contribution in [3.63, 3.8) is 0 Å². The molecule has 0 saturated heterocycles. The quantitative estimate of drug-likeness (QED) is 0.906. The molecular weight excluding hydrogens is 233 g/mol. The highest BCUT2D eigenvalue weighted by atomic mass is 19.1. The highest BCUT2D eigenvalue weighted by Crippen LogP contribution is 2.13. The van der Waals surface area contributed by atoms with E-state index >= 15 is 0 Å². The van der Waals surface area contributed by atoms with Crippen molar-refractivity contribution in [3.05, 3.63) is 48.0 Å². The number of aromatic nitrogens is 2. The second-order valence-electron chi connectivity index (χ2n) is 4.24. The second-order valence-corrected chi connectivity index (χ2v) is 4.24. The molecule has 0 aliphatic heterocycles. The van der Waals surface area contributed by atoms with Gasteiger partial charge in [-0.25, -0.2) is 4.39 Å². The van der Waals surface area contributed by atoms with Crippen molar-refractivity contribution in [2.75, 3.05) is 5.32 Å². The molecule has 4 nitrogen and oxygen atoms in total. The van der Waals surface area contributed by atoms with Crippen LogP contribution in [0.5, 0.6) is 0 Å². The molecule has 0 saturated carbocycles. The normalized spacial score (nSPS) is 10.7. The van der Waals surface area contributed by atoms with Gasteiger partial charge in [-0.15, -0.1) is 0 Å². The summed E-state index contributed by atoms with van der Waals surface area (Å²) in [6.45, 7) is 3.96. The Balaban J connectivity index is 2.14. The van der Waals surface area contributed by atoms with E-state index in [2.05, 4.69) is 10.4 Å². The third-order valence-corrected chi connectivity index (χ3v) is 2.51. The van der Waals surface area contributed by atoms with E-state index < -0.39 is 11.7 Å². The van der Waals surface area contributed by atoms with Gasteiger partial charge in [0, 0.05) is 12.2 Å². The van der Waals surface area contributed by atoms with Crippen molar-refractivity contribution < 1.29 is 9.18 Å². The van der Waals surface area contributed by atoms with Crippen molar-refractivity contribution in [1.82, 2.24) is 9.78 Å². The van der Waals surface area contributed by atoms with E-state index in [4.69, 9.17) is 0 Å². The molecule has 1 N–H and O–H groups in total. The van der Waals surface area contributed by atoms with Crippen LogP contribution in [0.2, 0.25) is 0 Å². The van der Waals surface area contributed by atoms with Gasteiger partial charge in [0.1, 0.15) is 5.82 Å². The molecule has 0 fully saturated rings. The minimum atomic E-state index is -0.536. The average molecular weight is 247 g/mol. The first-order valence-corrected chi connectivity index (χ1v) is 5.68. The van der Waals surface area contributed by atoms with E-state index in [1.165, 1.54) is 12.1 Å². The van der Waals surface area contributed by atoms with Gasteiger partial charge in [0.25, 0.3) is 5.91 Å². The topological polar surface area (TPSA) is 46.9 Å². The van der Waals surface area contributed by atoms with Gasteiger partial charge < -0.3 is 5.32 Å². The Labute approximate surface area is 104 Å². The molecule has 0 atom stereocenters. The number of nitrogens with zero attached hydrogens (tertiary/aromatic N) is 2. The Morgan fingerprint density at radius 2 is 2.11 bits per heavy atom. The molecule has 0 spiro atoms. The minimum Gasteiger partial charge on any atom is -0.319 e. The first-order chi connectivity index (χ1) is 8.58. The van der Waals surface area contributed by atoms with E-state index in [1.807, 2.05) is 13.8 Å². The molecule has 18 heavy (non-hydrogen) atoms. The summed E-state index contributed by atoms with van der Waals surface area (Å²) in [5.41, 5.74) is 0.576. The highest BCUT2D eigenvalue weighted by Gasteiger charge is 2.12. The summed E-state index contributed by atoms with van der Waals surface area (Å²) in [5.74, 6) is -1.01. The smallest absolute Gasteiger partial charge is 0.258 e. The highest BCUT2D eigenvalue weighted by molar-refractivity contribution is 6.04. The van der Waals surface area contributed by atoms with Gasteiger partial charge in [-0.2, -0.15) is 5.10 Å². The third-order valence-electron chi connectivity index (χ3n) is 2.51. The van der Waals surface area contributed by atoms with Crippen LogP contribution in [0.4, 0.5) is 10.1 Å². The number of amides is 1. The molecule has 1 aromatic heterocycles. The summed E-state index contributed by atoms with van der Waals surface area (Å²) >= 11 is 0. The van der Waals surface area contributed by atoms with Gasteiger partial charge in [-0.3, -0.25) is 9.48 Å². The first-order valence-electron chi connectivity index (χ1n) is 5.68. The monoisotopic (exact) mass is 247 g/mol. The van der Waals surface area contributed by atoms with E-state index in [1.54, 1.807) is 29.2 Å². The molecule has 2 aromatic rings. The van der Waals surface area contributed by atoms with Crippen molar-refractivity contribution in [2.24, 2.45) is 0 Å². The fraction of sp³-hybridized carbons (Fsp3) is 0.231. The Bertz CT molecular complexity index is 563. The molecule has 0 aliphatic carbocycles. The maximum Gasteiger partial charge on any atom is 0.258 e. The number of hydrogen-bond donors (Lipinski definition) is 1. The number of benzene rings is 1. The van der Waals surface area contributed by atoms with Gasteiger partial charge in [0.05, 0.1) is 17.4 Å². The summed E-state index contributed by atoms with van der Waals surface area (Å²) < 4.78 is 15.1. The molecule has 0 unspecified atom stereocenters. The number of carbonyl (C=O) groups excluding carboxylic acids is 1. The predicted octanol–water partition coefficient (Wildman–Crippen LogP) is 2.86. The van der Waals surface area contributed by atoms with Gasteiger partial charge in [0.2, 0.25) is 0 Å². The first kappa shape index (κ1) is 12.3. The molecule has 1 amide bonds. The fourth-order valence-corrected chi connectivity index (χ4v) is 1.53. The van der Waals surface area contributed by atoms with Crippen LogP contribution < -0.4 is 5.32 Å². The predicted molar refractivity (Wildman–Crippen MR) is 67.0 cm³/mol. The van der Waals surface area contributed by atoms with Crippen molar-refractivity contribution in [1.29, 1.82) is 0 Å². The number of rotatable bonds is 3. The molecule has 1 heterocycles. The van der Waals surface area contributed by atoms with E-state index in [0.29, 0.717) is 5.69 Å². The van der Waals surface area contributed by atoms with Gasteiger partial charge in [-0.05, 0) is 26.0 Å². The summed E-state index contributed by atoms with van der Waals surface area (Å²) in [6, 6.07) is 6.08. The zero-order chi connectivity index (χ0) is 13.1. The zero-order valence-corrected chi connectivity index (χ0v) is 10.2. The van der Waals surface area contributed by atoms with Gasteiger partial charge in [-0.1, -0.05) is 12.1 Å². The summed E-state index contributed by atoms with van der Waals surface area (Å²) in [6.07, 6.45) is 3.25. The van der Waals surface area contributed by atoms with Crippen molar-refractivity contribution in [2.45, 2.75) is 19.9 Å². The Morgan fingerprint density at radius 1 is 1.39 bits per heavy atom. The summed E-state index contributed by atoms with van der Waals surface area (Å²) in [7, 11) is 0. The van der Waals surface area contributed by atoms with Gasteiger partial charge >= 0.3 is 0 Å². The van der Waals surface area contributed by atoms with Crippen LogP contribution in [0.15, 0.2) is 36.7 Å². The summed E-state index contributed by atoms with van der Waals surface area (Å²) in [5, 5.41) is 6.71. The second kappa shape index (κ2) is 5.00. The molecule has 5 heteroatoms. The molecule has 0 radical (unpaired) electrons. The number of hydrogen-bond acceptors (Lipinski definition) is 2. The maximum absolute atomic E-state index is 13.4. The van der Waals surface area contributed by atoms with Crippen LogP contribution in [0, 0.1) is 5.82 Å². The Hall–Kier alpha value is -2.17. The molecule has 0 aliphatic rings. The van der Waals surface area contributed by atoms with Crippen molar-refractivity contribution >= 4 is 11.6 Å². The van der Waals surface area contributed by atoms with Crippen LogP contribution >= 0.6 is 0 Å². The molecule has 94 valence electrons. The minimum absolute atomic E-state index is 0.0230. The lowest BCUT2D eigenvalue weighted by Crippen LogP contribution is -2.13. The van der Waals surface area contributed by atoms with Crippen LogP contribution in [0.3, 0.4) is 0 Å². The van der Waals surface area contributed by atoms with E-state index in [9.17, 15) is 9.18 Å². The number of carbonyl (C=O) groups is 1. The molecular formula is C13H14FN3O. The maximum atomic E-state index is 13.4. The summed E-state index contributed by atoms with van der Waals surface area (Å²) in [4.78, 5) is 11.8. The third kappa shape index (κ3) is 2.56. The van der Waals surface area contributed by atoms with Crippen LogP contribution in [-0.4, -0.2) is 15.7 Å². The zero-order valence-electron chi connectivity index (χ0n) is 10.2. The van der Waals surface area contributed by atoms with Crippen molar-refractivity contribution in [3.8, 4) is 0 Å². The van der Waals surface area contributed by atoms with E-state index in [0.717, 1.165) is 0 Å². The average Bonchev–Trinajstić information content (AvgIpc) is 2.78. The lowest BCUT2D eigenvalue weighted by molar-refractivity contribution is 0.102. The fourth-order valence-electron chi connectivity index (χ4n) is 1.53. The van der Waals surface area contributed by atoms with Crippen LogP contribution in [0.25, 0.3) is 0 Å². The van der Waals surface area contributed by atoms with Gasteiger partial charge in [0.15, 0.2) is 0 Å². The SMILES string of the molecule is CC(C)n1cc(NC(=O)c2ccccc2F)cn1. The number of anilines is 1. The standard InChI is InChI=1S/C13H14FN3O/c1-9(2)17-8-10(7-15-17)16-13(18)11-5-3-4-6-12(11)14/h3-9H,1-2H3,(H,16,18). The largest absolute Gasteiger partial charge is 0.319 e. The van der Waals surface area contributed by atoms with Crippen LogP contribution in [0.1, 0.15) is 30.2 Å². The molecule has 2 rings (SSSR count). The lowest BCUT2D eigenvalue weighted by atomic mass is 10.2.